The first-order valence-electron chi connectivity index (χ1n) is 4.82. The fourth-order valence-corrected chi connectivity index (χ4v) is 1.51. The molecular formula is C12H18ClNO2. The number of ether oxygens (including phenoxy) is 2. The topological polar surface area (TPSA) is 44.5 Å². The fourth-order valence-electron chi connectivity index (χ4n) is 1.51. The molecule has 0 aliphatic rings. The van der Waals surface area contributed by atoms with Gasteiger partial charge in [0.15, 0.2) is 11.5 Å². The zero-order valence-electron chi connectivity index (χ0n) is 9.60. The summed E-state index contributed by atoms with van der Waals surface area (Å²) >= 11 is 0. The van der Waals surface area contributed by atoms with Crippen LogP contribution in [-0.4, -0.2) is 14.2 Å². The second-order valence-corrected chi connectivity index (χ2v) is 3.21. The highest BCUT2D eigenvalue weighted by Crippen LogP contribution is 2.34. The molecular weight excluding hydrogens is 226 g/mol. The van der Waals surface area contributed by atoms with Crippen LogP contribution in [0, 0.1) is 0 Å². The van der Waals surface area contributed by atoms with Gasteiger partial charge >= 0.3 is 0 Å². The van der Waals surface area contributed by atoms with Crippen LogP contribution >= 0.6 is 12.4 Å². The number of hydrogen-bond donors (Lipinski definition) is 1. The van der Waals surface area contributed by atoms with E-state index in [1.165, 1.54) is 0 Å². The lowest BCUT2D eigenvalue weighted by Gasteiger charge is -2.16. The van der Waals surface area contributed by atoms with Crippen LogP contribution in [-0.2, 0) is 0 Å². The second-order valence-electron chi connectivity index (χ2n) is 3.21. The van der Waals surface area contributed by atoms with Crippen molar-refractivity contribution in [2.45, 2.75) is 12.5 Å². The van der Waals surface area contributed by atoms with E-state index in [0.29, 0.717) is 17.9 Å². The molecule has 0 aliphatic heterocycles. The van der Waals surface area contributed by atoms with E-state index < -0.39 is 0 Å². The van der Waals surface area contributed by atoms with Gasteiger partial charge in [-0.05, 0) is 12.5 Å². The Balaban J connectivity index is 0.00000225. The Morgan fingerprint density at radius 1 is 1.38 bits per heavy atom. The molecule has 0 unspecified atom stereocenters. The summed E-state index contributed by atoms with van der Waals surface area (Å²) in [6.45, 7) is 3.67. The Labute approximate surface area is 103 Å². The maximum absolute atomic E-state index is 6.00. The predicted octanol–water partition coefficient (Wildman–Crippen LogP) is 2.70. The smallest absolute Gasteiger partial charge is 0.165 e. The van der Waals surface area contributed by atoms with Crippen molar-refractivity contribution in [3.05, 3.63) is 36.4 Å². The first-order chi connectivity index (χ1) is 7.24. The number of hydrogen-bond acceptors (Lipinski definition) is 3. The highest BCUT2D eigenvalue weighted by molar-refractivity contribution is 5.85. The van der Waals surface area contributed by atoms with Crippen molar-refractivity contribution in [2.24, 2.45) is 5.73 Å². The molecule has 1 rings (SSSR count). The lowest BCUT2D eigenvalue weighted by Crippen LogP contribution is -2.11. The Bertz CT molecular complexity index is 342. The third kappa shape index (κ3) is 3.15. The molecule has 90 valence electrons. The van der Waals surface area contributed by atoms with Crippen molar-refractivity contribution in [1.82, 2.24) is 0 Å². The molecule has 0 saturated carbocycles. The van der Waals surface area contributed by atoms with Crippen LogP contribution in [0.3, 0.4) is 0 Å². The number of halogens is 1. The first-order valence-corrected chi connectivity index (χ1v) is 4.82. The summed E-state index contributed by atoms with van der Waals surface area (Å²) in [5, 5.41) is 0. The van der Waals surface area contributed by atoms with E-state index in [2.05, 4.69) is 6.58 Å². The second kappa shape index (κ2) is 7.14. The van der Waals surface area contributed by atoms with Crippen LogP contribution in [0.2, 0.25) is 0 Å². The van der Waals surface area contributed by atoms with Crippen LogP contribution in [0.4, 0.5) is 0 Å². The van der Waals surface area contributed by atoms with E-state index >= 15 is 0 Å². The van der Waals surface area contributed by atoms with Crippen LogP contribution in [0.1, 0.15) is 18.0 Å². The number of para-hydroxylation sites is 1. The van der Waals surface area contributed by atoms with Crippen molar-refractivity contribution in [3.8, 4) is 11.5 Å². The summed E-state index contributed by atoms with van der Waals surface area (Å²) in [4.78, 5) is 0. The summed E-state index contributed by atoms with van der Waals surface area (Å²) < 4.78 is 10.5. The Hall–Kier alpha value is -1.19. The molecule has 1 aromatic carbocycles. The number of nitrogens with two attached hydrogens (primary N) is 1. The summed E-state index contributed by atoms with van der Waals surface area (Å²) in [7, 11) is 3.22. The lowest BCUT2D eigenvalue weighted by atomic mass is 10.0. The van der Waals surface area contributed by atoms with E-state index in [0.717, 1.165) is 5.56 Å². The molecule has 3 nitrogen and oxygen atoms in total. The number of benzene rings is 1. The third-order valence-corrected chi connectivity index (χ3v) is 2.25. The SMILES string of the molecule is C=CC[C@@H](N)c1cccc(OC)c1OC.Cl. The van der Waals surface area contributed by atoms with Gasteiger partial charge < -0.3 is 15.2 Å². The van der Waals surface area contributed by atoms with Gasteiger partial charge in [0.2, 0.25) is 0 Å². The van der Waals surface area contributed by atoms with Crippen LogP contribution in [0.5, 0.6) is 11.5 Å². The zero-order chi connectivity index (χ0) is 11.3. The molecule has 4 heteroatoms. The van der Waals surface area contributed by atoms with Crippen LogP contribution in [0.15, 0.2) is 30.9 Å². The largest absolute Gasteiger partial charge is 0.493 e. The molecule has 0 amide bonds. The molecule has 0 heterocycles. The molecule has 16 heavy (non-hydrogen) atoms. The third-order valence-electron chi connectivity index (χ3n) is 2.25. The monoisotopic (exact) mass is 243 g/mol. The van der Waals surface area contributed by atoms with Crippen LogP contribution in [0.25, 0.3) is 0 Å². The van der Waals surface area contributed by atoms with Gasteiger partial charge in [-0.1, -0.05) is 18.2 Å². The van der Waals surface area contributed by atoms with Crippen molar-refractivity contribution >= 4 is 12.4 Å². The minimum absolute atomic E-state index is 0. The van der Waals surface area contributed by atoms with Crippen molar-refractivity contribution in [1.29, 1.82) is 0 Å². The Morgan fingerprint density at radius 3 is 2.56 bits per heavy atom. The molecule has 0 bridgehead atoms. The standard InChI is InChI=1S/C12H17NO2.ClH/c1-4-6-10(13)9-7-5-8-11(14-2)12(9)15-3;/h4-5,7-8,10H,1,6,13H2,2-3H3;1H/t10-;/m1./s1. The minimum Gasteiger partial charge on any atom is -0.493 e. The van der Waals surface area contributed by atoms with E-state index in [1.807, 2.05) is 18.2 Å². The van der Waals surface area contributed by atoms with Crippen molar-refractivity contribution in [3.63, 3.8) is 0 Å². The van der Waals surface area contributed by atoms with Crippen LogP contribution < -0.4 is 15.2 Å². The Morgan fingerprint density at radius 2 is 2.06 bits per heavy atom. The molecule has 0 aromatic heterocycles. The predicted molar refractivity (Wildman–Crippen MR) is 68.5 cm³/mol. The normalized spacial score (nSPS) is 11.2. The van der Waals surface area contributed by atoms with Gasteiger partial charge in [0.25, 0.3) is 0 Å². The quantitative estimate of drug-likeness (QED) is 0.809. The molecule has 0 radical (unpaired) electrons. The molecule has 0 saturated heterocycles. The van der Waals surface area contributed by atoms with Gasteiger partial charge in [-0.15, -0.1) is 19.0 Å². The molecule has 1 atom stereocenters. The Kier molecular flexibility index (Phi) is 6.61. The summed E-state index contributed by atoms with van der Waals surface area (Å²) in [5.74, 6) is 1.41. The van der Waals surface area contributed by atoms with Crippen molar-refractivity contribution < 1.29 is 9.47 Å². The average Bonchev–Trinajstić information content (AvgIpc) is 2.28. The van der Waals surface area contributed by atoms with E-state index in [1.54, 1.807) is 20.3 Å². The maximum Gasteiger partial charge on any atom is 0.165 e. The molecule has 0 fully saturated rings. The average molecular weight is 244 g/mol. The summed E-state index contributed by atoms with van der Waals surface area (Å²) in [6, 6.07) is 5.59. The maximum atomic E-state index is 6.00. The number of methoxy groups -OCH3 is 2. The van der Waals surface area contributed by atoms with E-state index in [9.17, 15) is 0 Å². The highest BCUT2D eigenvalue weighted by atomic mass is 35.5. The van der Waals surface area contributed by atoms with Gasteiger partial charge in [0.05, 0.1) is 14.2 Å². The van der Waals surface area contributed by atoms with Gasteiger partial charge in [-0.25, -0.2) is 0 Å². The summed E-state index contributed by atoms with van der Waals surface area (Å²) in [6.07, 6.45) is 2.51. The van der Waals surface area contributed by atoms with Gasteiger partial charge in [0.1, 0.15) is 0 Å². The lowest BCUT2D eigenvalue weighted by molar-refractivity contribution is 0.349. The van der Waals surface area contributed by atoms with Gasteiger partial charge in [-0.2, -0.15) is 0 Å². The number of rotatable bonds is 5. The fraction of sp³-hybridized carbons (Fsp3) is 0.333. The minimum atomic E-state index is -0.104. The molecule has 0 spiro atoms. The highest BCUT2D eigenvalue weighted by Gasteiger charge is 2.14. The van der Waals surface area contributed by atoms with Gasteiger partial charge in [-0.3, -0.25) is 0 Å². The zero-order valence-corrected chi connectivity index (χ0v) is 10.4. The van der Waals surface area contributed by atoms with Crippen molar-refractivity contribution in [2.75, 3.05) is 14.2 Å². The molecule has 0 aliphatic carbocycles. The molecule has 1 aromatic rings. The van der Waals surface area contributed by atoms with E-state index in [-0.39, 0.29) is 18.4 Å². The first kappa shape index (κ1) is 14.8. The van der Waals surface area contributed by atoms with Gasteiger partial charge in [0, 0.05) is 11.6 Å². The molecule has 2 N–H and O–H groups in total. The summed E-state index contributed by atoms with van der Waals surface area (Å²) in [5.41, 5.74) is 6.94. The van der Waals surface area contributed by atoms with E-state index in [4.69, 9.17) is 15.2 Å².